The summed E-state index contributed by atoms with van der Waals surface area (Å²) in [5.74, 6) is 0.401. The van der Waals surface area contributed by atoms with E-state index in [4.69, 9.17) is 9.84 Å². The van der Waals surface area contributed by atoms with Gasteiger partial charge in [-0.05, 0) is 64.0 Å². The minimum absolute atomic E-state index is 0.0970. The molecule has 0 saturated heterocycles. The molecule has 6 nitrogen and oxygen atoms in total. The Morgan fingerprint density at radius 2 is 1.90 bits per heavy atom. The van der Waals surface area contributed by atoms with Crippen LogP contribution in [0.4, 0.5) is 0 Å². The lowest BCUT2D eigenvalue weighted by molar-refractivity contribution is -0.134. The topological polar surface area (TPSA) is 59.4 Å². The van der Waals surface area contributed by atoms with E-state index in [9.17, 15) is 4.79 Å². The lowest BCUT2D eigenvalue weighted by Crippen LogP contribution is -2.47. The van der Waals surface area contributed by atoms with Crippen LogP contribution in [0.2, 0.25) is 0 Å². The van der Waals surface area contributed by atoms with Crippen LogP contribution in [-0.2, 0) is 17.9 Å². The van der Waals surface area contributed by atoms with E-state index in [1.165, 1.54) is 5.56 Å². The molecule has 1 aliphatic rings. The predicted octanol–water partition coefficient (Wildman–Crippen LogP) is 3.58. The Morgan fingerprint density at radius 1 is 1.17 bits per heavy atom. The van der Waals surface area contributed by atoms with E-state index in [1.807, 2.05) is 37.0 Å². The van der Waals surface area contributed by atoms with Gasteiger partial charge in [-0.3, -0.25) is 9.48 Å². The molecule has 3 aromatic rings. The molecule has 0 unspecified atom stereocenters. The molecule has 1 saturated carbocycles. The molecule has 1 heterocycles. The van der Waals surface area contributed by atoms with Gasteiger partial charge < -0.3 is 15.0 Å². The standard InChI is InChI=1S/C24H30N4O2/c1-24(2,23(29)25-19-11-12-19)30-22-20-14-18(15-27(3)4)10-13-21(20)28(26-22)16-17-8-6-5-7-9-17/h5-10,13-14,19H,11-12,15-16H2,1-4H3,(H,25,29). The van der Waals surface area contributed by atoms with Crippen LogP contribution in [0.5, 0.6) is 5.88 Å². The lowest BCUT2D eigenvalue weighted by atomic mass is 10.1. The highest BCUT2D eigenvalue weighted by atomic mass is 16.5. The zero-order chi connectivity index (χ0) is 21.3. The number of nitrogens with zero attached hydrogens (tertiary/aromatic N) is 3. The molecule has 0 aliphatic heterocycles. The van der Waals surface area contributed by atoms with Gasteiger partial charge in [-0.25, -0.2) is 0 Å². The smallest absolute Gasteiger partial charge is 0.263 e. The zero-order valence-corrected chi connectivity index (χ0v) is 18.2. The van der Waals surface area contributed by atoms with Crippen LogP contribution in [0.25, 0.3) is 10.9 Å². The van der Waals surface area contributed by atoms with E-state index in [-0.39, 0.29) is 5.91 Å². The summed E-state index contributed by atoms with van der Waals surface area (Å²) in [5, 5.41) is 8.74. The molecule has 0 bridgehead atoms. The largest absolute Gasteiger partial charge is 0.460 e. The number of aromatic nitrogens is 2. The average molecular weight is 407 g/mol. The van der Waals surface area contributed by atoms with Crippen LogP contribution in [0.15, 0.2) is 48.5 Å². The summed E-state index contributed by atoms with van der Waals surface area (Å²) in [6, 6.07) is 16.9. The number of hydrogen-bond acceptors (Lipinski definition) is 4. The minimum atomic E-state index is -1.00. The van der Waals surface area contributed by atoms with Gasteiger partial charge >= 0.3 is 0 Å². The number of ether oxygens (including phenoxy) is 1. The Morgan fingerprint density at radius 3 is 2.57 bits per heavy atom. The third-order valence-corrected chi connectivity index (χ3v) is 5.27. The van der Waals surface area contributed by atoms with Crippen molar-refractivity contribution in [2.75, 3.05) is 14.1 Å². The van der Waals surface area contributed by atoms with Gasteiger partial charge in [0.25, 0.3) is 5.91 Å². The van der Waals surface area contributed by atoms with Crippen LogP contribution in [0, 0.1) is 0 Å². The van der Waals surface area contributed by atoms with Crippen molar-refractivity contribution >= 4 is 16.8 Å². The molecule has 1 N–H and O–H groups in total. The van der Waals surface area contributed by atoms with Crippen molar-refractivity contribution in [1.82, 2.24) is 20.0 Å². The van der Waals surface area contributed by atoms with Gasteiger partial charge in [0.15, 0.2) is 5.60 Å². The molecule has 30 heavy (non-hydrogen) atoms. The molecule has 0 spiro atoms. The van der Waals surface area contributed by atoms with Crippen molar-refractivity contribution in [3.05, 3.63) is 59.7 Å². The second-order valence-corrected chi connectivity index (χ2v) is 8.90. The SMILES string of the molecule is CN(C)Cc1ccc2c(c1)c(OC(C)(C)C(=O)NC1CC1)nn2Cc1ccccc1. The highest BCUT2D eigenvalue weighted by Gasteiger charge is 2.35. The van der Waals surface area contributed by atoms with E-state index in [0.29, 0.717) is 18.5 Å². The molecule has 1 aliphatic carbocycles. The number of rotatable bonds is 8. The number of amides is 1. The van der Waals surface area contributed by atoms with Crippen LogP contribution in [0.1, 0.15) is 37.8 Å². The van der Waals surface area contributed by atoms with Crippen molar-refractivity contribution in [3.63, 3.8) is 0 Å². The Bertz CT molecular complexity index is 1040. The molecular weight excluding hydrogens is 376 g/mol. The summed E-state index contributed by atoms with van der Waals surface area (Å²) in [6.07, 6.45) is 2.09. The first-order valence-electron chi connectivity index (χ1n) is 10.5. The number of hydrogen-bond donors (Lipinski definition) is 1. The molecule has 1 amide bonds. The van der Waals surface area contributed by atoms with Crippen molar-refractivity contribution in [1.29, 1.82) is 0 Å². The molecule has 4 rings (SSSR count). The minimum Gasteiger partial charge on any atom is -0.460 e. The summed E-state index contributed by atoms with van der Waals surface area (Å²) in [6.45, 7) is 5.07. The third-order valence-electron chi connectivity index (χ3n) is 5.27. The highest BCUT2D eigenvalue weighted by Crippen LogP contribution is 2.30. The first-order chi connectivity index (χ1) is 14.3. The van der Waals surface area contributed by atoms with E-state index in [1.54, 1.807) is 13.8 Å². The van der Waals surface area contributed by atoms with E-state index >= 15 is 0 Å². The van der Waals surface area contributed by atoms with E-state index < -0.39 is 5.60 Å². The normalized spacial score (nSPS) is 14.3. The third kappa shape index (κ3) is 4.65. The average Bonchev–Trinajstić information content (AvgIpc) is 3.45. The Balaban J connectivity index is 1.69. The zero-order valence-electron chi connectivity index (χ0n) is 18.2. The predicted molar refractivity (Wildman–Crippen MR) is 119 cm³/mol. The Hall–Kier alpha value is -2.86. The first kappa shape index (κ1) is 20.4. The van der Waals surface area contributed by atoms with Crippen LogP contribution >= 0.6 is 0 Å². The molecular formula is C24H30N4O2. The Kier molecular flexibility index (Phi) is 5.52. The Labute approximate surface area is 177 Å². The van der Waals surface area contributed by atoms with E-state index in [2.05, 4.69) is 40.5 Å². The highest BCUT2D eigenvalue weighted by molar-refractivity contribution is 5.88. The summed E-state index contributed by atoms with van der Waals surface area (Å²) >= 11 is 0. The van der Waals surface area contributed by atoms with Crippen molar-refractivity contribution < 1.29 is 9.53 Å². The maximum atomic E-state index is 12.7. The lowest BCUT2D eigenvalue weighted by Gasteiger charge is -2.24. The summed E-state index contributed by atoms with van der Waals surface area (Å²) in [5.41, 5.74) is 2.34. The molecule has 0 radical (unpaired) electrons. The summed E-state index contributed by atoms with van der Waals surface area (Å²) < 4.78 is 8.18. The van der Waals surface area contributed by atoms with Crippen molar-refractivity contribution in [3.8, 4) is 5.88 Å². The first-order valence-corrected chi connectivity index (χ1v) is 10.5. The second-order valence-electron chi connectivity index (χ2n) is 8.90. The van der Waals surface area contributed by atoms with Crippen LogP contribution in [0.3, 0.4) is 0 Å². The summed E-state index contributed by atoms with van der Waals surface area (Å²) in [7, 11) is 4.09. The molecule has 1 fully saturated rings. The van der Waals surface area contributed by atoms with Gasteiger partial charge in [0, 0.05) is 12.6 Å². The van der Waals surface area contributed by atoms with E-state index in [0.717, 1.165) is 35.9 Å². The molecule has 2 aromatic carbocycles. The van der Waals surface area contributed by atoms with Crippen LogP contribution in [-0.4, -0.2) is 46.3 Å². The number of nitrogens with one attached hydrogen (secondary N) is 1. The quantitative estimate of drug-likeness (QED) is 0.621. The van der Waals surface area contributed by atoms with Crippen LogP contribution < -0.4 is 10.1 Å². The fourth-order valence-electron chi connectivity index (χ4n) is 3.49. The number of carbonyl (C=O) groups excluding carboxylic acids is 1. The van der Waals surface area contributed by atoms with Gasteiger partial charge in [-0.2, -0.15) is 0 Å². The molecule has 0 atom stereocenters. The van der Waals surface area contributed by atoms with Gasteiger partial charge in [-0.15, -0.1) is 5.10 Å². The fraction of sp³-hybridized carbons (Fsp3) is 0.417. The molecule has 1 aromatic heterocycles. The van der Waals surface area contributed by atoms with Gasteiger partial charge in [-0.1, -0.05) is 36.4 Å². The number of carbonyl (C=O) groups is 1. The van der Waals surface area contributed by atoms with Gasteiger partial charge in [0.05, 0.1) is 17.4 Å². The fourth-order valence-corrected chi connectivity index (χ4v) is 3.49. The monoisotopic (exact) mass is 406 g/mol. The maximum Gasteiger partial charge on any atom is 0.263 e. The summed E-state index contributed by atoms with van der Waals surface area (Å²) in [4.78, 5) is 14.8. The number of benzene rings is 2. The molecule has 158 valence electrons. The number of fused-ring (bicyclic) bond motifs is 1. The van der Waals surface area contributed by atoms with Crippen molar-refractivity contribution in [2.24, 2.45) is 0 Å². The van der Waals surface area contributed by atoms with Gasteiger partial charge in [0.1, 0.15) is 0 Å². The van der Waals surface area contributed by atoms with Gasteiger partial charge in [0.2, 0.25) is 5.88 Å². The second kappa shape index (κ2) is 8.11. The maximum absolute atomic E-state index is 12.7. The molecule has 6 heteroatoms. The van der Waals surface area contributed by atoms with Crippen molar-refractivity contribution in [2.45, 2.75) is 51.4 Å².